The molecule has 1 heterocycles. The number of rotatable bonds is 3. The van der Waals surface area contributed by atoms with E-state index in [9.17, 15) is 4.39 Å². The summed E-state index contributed by atoms with van der Waals surface area (Å²) in [6, 6.07) is 1.48. The van der Waals surface area contributed by atoms with Crippen LogP contribution < -0.4 is 10.5 Å². The van der Waals surface area contributed by atoms with Crippen molar-refractivity contribution < 1.29 is 18.7 Å². The van der Waals surface area contributed by atoms with Crippen molar-refractivity contribution in [3.8, 4) is 5.75 Å². The van der Waals surface area contributed by atoms with Crippen LogP contribution in [0, 0.1) is 0 Å². The van der Waals surface area contributed by atoms with Crippen LogP contribution in [0.2, 0.25) is 0 Å². The summed E-state index contributed by atoms with van der Waals surface area (Å²) < 4.78 is 21.4. The predicted octanol–water partition coefficient (Wildman–Crippen LogP) is 1.49. The lowest BCUT2D eigenvalue weighted by atomic mass is 10.2. The van der Waals surface area contributed by atoms with Gasteiger partial charge < -0.3 is 15.2 Å². The Morgan fingerprint density at radius 3 is 2.44 bits per heavy atom. The summed E-state index contributed by atoms with van der Waals surface area (Å²) in [5.41, 5.74) is 6.27. The zero-order valence-corrected chi connectivity index (χ0v) is 9.44. The van der Waals surface area contributed by atoms with Crippen LogP contribution in [0.1, 0.15) is 18.8 Å². The largest absolute Gasteiger partial charge is 0.493 e. The molecule has 0 bridgehead atoms. The third-order valence-corrected chi connectivity index (χ3v) is 1.64. The molecule has 1 rings (SSSR count). The maximum Gasteiger partial charge on any atom is 0.292 e. The Hall–Kier alpha value is -1.85. The summed E-state index contributed by atoms with van der Waals surface area (Å²) in [4.78, 5) is 12.8. The Labute approximate surface area is 93.4 Å². The molecule has 0 amide bonds. The van der Waals surface area contributed by atoms with Crippen LogP contribution in [0.5, 0.6) is 5.75 Å². The molecule has 0 saturated heterocycles. The minimum absolute atomic E-state index is 0.327. The number of alkyl halides is 1. The number of carbonyl (C=O) groups is 1. The number of methoxy groups -OCH3 is 2. The van der Waals surface area contributed by atoms with Crippen LogP contribution in [-0.4, -0.2) is 25.7 Å². The van der Waals surface area contributed by atoms with E-state index in [-0.39, 0.29) is 0 Å². The van der Waals surface area contributed by atoms with Crippen molar-refractivity contribution in [1.29, 1.82) is 0 Å². The second kappa shape index (κ2) is 7.44. The number of carbonyl (C=O) groups excluding carboxylic acids is 1. The van der Waals surface area contributed by atoms with E-state index in [2.05, 4.69) is 9.72 Å². The number of hydrogen-bond donors (Lipinski definition) is 1. The number of nitrogens with zero attached hydrogens (tertiary/aromatic N) is 1. The number of aromatic nitrogens is 1. The molecule has 0 aliphatic rings. The molecule has 2 N–H and O–H groups in total. The molecule has 1 aromatic heterocycles. The van der Waals surface area contributed by atoms with Gasteiger partial charge in [-0.15, -0.1) is 0 Å². The summed E-state index contributed by atoms with van der Waals surface area (Å²) in [6.45, 7) is 1.79. The molecule has 0 aliphatic heterocycles. The highest BCUT2D eigenvalue weighted by atomic mass is 19.1. The van der Waals surface area contributed by atoms with E-state index < -0.39 is 6.17 Å². The van der Waals surface area contributed by atoms with Crippen molar-refractivity contribution in [3.05, 3.63) is 18.0 Å². The zero-order valence-electron chi connectivity index (χ0n) is 9.44. The molecule has 90 valence electrons. The van der Waals surface area contributed by atoms with E-state index in [1.165, 1.54) is 33.4 Å². The Balaban J connectivity index is 0.000000487. The third-order valence-electron chi connectivity index (χ3n) is 1.64. The molecule has 0 radical (unpaired) electrons. The van der Waals surface area contributed by atoms with E-state index in [1.54, 1.807) is 0 Å². The van der Waals surface area contributed by atoms with Crippen LogP contribution in [-0.2, 0) is 9.53 Å². The highest BCUT2D eigenvalue weighted by Crippen LogP contribution is 2.23. The first-order chi connectivity index (χ1) is 7.56. The number of halogens is 1. The molecule has 16 heavy (non-hydrogen) atoms. The molecule has 0 spiro atoms. The Bertz CT molecular complexity index is 332. The second-order valence-electron chi connectivity index (χ2n) is 2.80. The first-order valence-electron chi connectivity index (χ1n) is 4.46. The van der Waals surface area contributed by atoms with E-state index in [1.807, 2.05) is 0 Å². The fourth-order valence-electron chi connectivity index (χ4n) is 0.864. The fraction of sp³-hybridized carbons (Fsp3) is 0.400. The lowest BCUT2D eigenvalue weighted by molar-refractivity contribution is -0.126. The van der Waals surface area contributed by atoms with Crippen LogP contribution in [0.3, 0.4) is 0 Å². The Morgan fingerprint density at radius 1 is 1.56 bits per heavy atom. The highest BCUT2D eigenvalue weighted by molar-refractivity contribution is 5.51. The predicted molar refractivity (Wildman–Crippen MR) is 57.8 cm³/mol. The third kappa shape index (κ3) is 4.59. The molecule has 0 saturated carbocycles. The smallest absolute Gasteiger partial charge is 0.292 e. The quantitative estimate of drug-likeness (QED) is 0.796. The molecule has 5 nitrogen and oxygen atoms in total. The number of nitrogen functional groups attached to an aromatic ring is 1. The Morgan fingerprint density at radius 2 is 2.12 bits per heavy atom. The molecule has 1 aromatic rings. The second-order valence-corrected chi connectivity index (χ2v) is 2.80. The van der Waals surface area contributed by atoms with Gasteiger partial charge in [0.25, 0.3) is 6.47 Å². The standard InChI is InChI=1S/C8H11FN2O.C2H4O2/c1-5(9)7-3-6(10)8(12-2)4-11-7;1-4-2-3/h3-5H,1-2H3,(H2,10,11);2H,1H3. The number of nitrogens with two attached hydrogens (primary N) is 1. The zero-order chi connectivity index (χ0) is 12.6. The van der Waals surface area contributed by atoms with Gasteiger partial charge in [-0.25, -0.2) is 4.39 Å². The summed E-state index contributed by atoms with van der Waals surface area (Å²) in [5, 5.41) is 0. The lowest BCUT2D eigenvalue weighted by Gasteiger charge is -2.06. The topological polar surface area (TPSA) is 74.4 Å². The van der Waals surface area contributed by atoms with Gasteiger partial charge in [0.2, 0.25) is 0 Å². The first-order valence-corrected chi connectivity index (χ1v) is 4.46. The molecule has 0 fully saturated rings. The van der Waals surface area contributed by atoms with Crippen LogP contribution in [0.15, 0.2) is 12.3 Å². The van der Waals surface area contributed by atoms with Gasteiger partial charge in [0.05, 0.1) is 31.8 Å². The first kappa shape index (κ1) is 14.2. The average molecular weight is 230 g/mol. The molecule has 1 unspecified atom stereocenters. The molecule has 0 aliphatic carbocycles. The number of pyridine rings is 1. The van der Waals surface area contributed by atoms with E-state index >= 15 is 0 Å². The lowest BCUT2D eigenvalue weighted by Crippen LogP contribution is -1.97. The van der Waals surface area contributed by atoms with Gasteiger partial charge in [0.15, 0.2) is 5.75 Å². The monoisotopic (exact) mass is 230 g/mol. The number of anilines is 1. The maximum atomic E-state index is 12.7. The van der Waals surface area contributed by atoms with Gasteiger partial charge in [-0.05, 0) is 13.0 Å². The van der Waals surface area contributed by atoms with Gasteiger partial charge in [0.1, 0.15) is 6.17 Å². The minimum atomic E-state index is -1.10. The molecule has 0 aromatic carbocycles. The van der Waals surface area contributed by atoms with Gasteiger partial charge in [-0.1, -0.05) is 0 Å². The fourth-order valence-corrected chi connectivity index (χ4v) is 0.864. The summed E-state index contributed by atoms with van der Waals surface area (Å²) in [6.07, 6.45) is 0.319. The van der Waals surface area contributed by atoms with E-state index in [4.69, 9.17) is 15.3 Å². The van der Waals surface area contributed by atoms with Crippen LogP contribution in [0.25, 0.3) is 0 Å². The summed E-state index contributed by atoms with van der Waals surface area (Å²) in [5.74, 6) is 0.472. The van der Waals surface area contributed by atoms with Crippen molar-refractivity contribution in [1.82, 2.24) is 4.98 Å². The van der Waals surface area contributed by atoms with E-state index in [0.717, 1.165) is 0 Å². The molecular formula is C10H15FN2O3. The minimum Gasteiger partial charge on any atom is -0.493 e. The van der Waals surface area contributed by atoms with Crippen molar-refractivity contribution in [3.63, 3.8) is 0 Å². The molecule has 6 heteroatoms. The average Bonchev–Trinajstić information content (AvgIpc) is 2.29. The maximum absolute atomic E-state index is 12.7. The number of ether oxygens (including phenoxy) is 2. The normalized spacial score (nSPS) is 10.8. The van der Waals surface area contributed by atoms with Crippen LogP contribution in [0.4, 0.5) is 10.1 Å². The Kier molecular flexibility index (Phi) is 6.58. The summed E-state index contributed by atoms with van der Waals surface area (Å²) in [7, 11) is 2.80. The molecule has 1 atom stereocenters. The van der Waals surface area contributed by atoms with Gasteiger partial charge in [-0.2, -0.15) is 0 Å². The highest BCUT2D eigenvalue weighted by Gasteiger charge is 2.07. The SMILES string of the molecule is COC=O.COc1cnc(C(C)F)cc1N. The van der Waals surface area contributed by atoms with Gasteiger partial charge >= 0.3 is 0 Å². The van der Waals surface area contributed by atoms with Crippen molar-refractivity contribution in [2.45, 2.75) is 13.1 Å². The van der Waals surface area contributed by atoms with E-state index in [0.29, 0.717) is 23.6 Å². The van der Waals surface area contributed by atoms with Crippen LogP contribution >= 0.6 is 0 Å². The van der Waals surface area contributed by atoms with Crippen molar-refractivity contribution in [2.75, 3.05) is 20.0 Å². The van der Waals surface area contributed by atoms with Crippen molar-refractivity contribution >= 4 is 12.2 Å². The van der Waals surface area contributed by atoms with Gasteiger partial charge in [0, 0.05) is 0 Å². The van der Waals surface area contributed by atoms with Gasteiger partial charge in [-0.3, -0.25) is 9.78 Å². The van der Waals surface area contributed by atoms with Crippen molar-refractivity contribution in [2.24, 2.45) is 0 Å². The number of hydrogen-bond acceptors (Lipinski definition) is 5. The molecular weight excluding hydrogens is 215 g/mol. The summed E-state index contributed by atoms with van der Waals surface area (Å²) >= 11 is 0.